The number of aliphatic imine (C=N–C) groups is 1. The van der Waals surface area contributed by atoms with Crippen molar-refractivity contribution in [1.29, 1.82) is 0 Å². The minimum atomic E-state index is -2.05. The van der Waals surface area contributed by atoms with E-state index in [9.17, 15) is 19.5 Å². The summed E-state index contributed by atoms with van der Waals surface area (Å²) in [6.07, 6.45) is 3.00. The maximum absolute atomic E-state index is 13.4. The molecule has 0 radical (unpaired) electrons. The number of benzene rings is 2. The number of halogens is 3. The molecule has 1 aromatic heterocycles. The van der Waals surface area contributed by atoms with Crippen LogP contribution in [0.1, 0.15) is 133 Å². The van der Waals surface area contributed by atoms with Crippen LogP contribution in [-0.4, -0.2) is 90.1 Å². The average molecular weight is 1150 g/mol. The highest BCUT2D eigenvalue weighted by Gasteiger charge is 2.41. The zero-order valence-electron chi connectivity index (χ0n) is 45.0. The number of aliphatic hydroxyl groups excluding tert-OH is 1. The quantitative estimate of drug-likeness (QED) is 0.0430. The maximum Gasteiger partial charge on any atom is 0.343 e. The Balaban J connectivity index is 0.000000474. The Morgan fingerprint density at radius 3 is 1.70 bits per heavy atom. The summed E-state index contributed by atoms with van der Waals surface area (Å²) < 4.78 is 38.4. The molecular formula is C52H81Br2ClN2O10Si2. The van der Waals surface area contributed by atoms with Crippen molar-refractivity contribution in [3.05, 3.63) is 71.4 Å². The first kappa shape index (κ1) is 62.1. The molecule has 0 saturated heterocycles. The summed E-state index contributed by atoms with van der Waals surface area (Å²) in [5.41, 5.74) is -0.0422. The van der Waals surface area contributed by atoms with E-state index >= 15 is 0 Å². The van der Waals surface area contributed by atoms with Crippen molar-refractivity contribution >= 4 is 94.9 Å². The lowest BCUT2D eigenvalue weighted by Gasteiger charge is -2.41. The number of carbonyl (C=O) groups excluding carboxylic acids is 2. The lowest BCUT2D eigenvalue weighted by atomic mass is 9.86. The number of hydrogen-bond acceptors (Lipinski definition) is 11. The Morgan fingerprint density at radius 2 is 1.22 bits per heavy atom. The van der Waals surface area contributed by atoms with Gasteiger partial charge in [-0.2, -0.15) is 0 Å². The summed E-state index contributed by atoms with van der Waals surface area (Å²) in [5, 5.41) is 11.9. The maximum atomic E-state index is 13.4. The minimum absolute atomic E-state index is 0.0106. The molecule has 0 saturated carbocycles. The number of esters is 2. The third-order valence-corrected chi connectivity index (χ3v) is 23.0. The van der Waals surface area contributed by atoms with E-state index in [-0.39, 0.29) is 79.1 Å². The fraction of sp³-hybridized carbons (Fsp3) is 0.615. The van der Waals surface area contributed by atoms with Crippen molar-refractivity contribution in [3.63, 3.8) is 0 Å². The zero-order valence-corrected chi connectivity index (χ0v) is 50.9. The summed E-state index contributed by atoms with van der Waals surface area (Å²) >= 11 is 13.4. The number of rotatable bonds is 18. The SMILES string of the molecule is CCOC(=O)C(C=NC(CO[Si](C)(C)C(C)(C)C)C(C)(C)C)=C(O)c1cc(Br)cc(OCC)c1Cl.CCOC(=O)c1cn(C(CO[Si](C)(C)C(C)(C)C)C(C)(C)C)c2c(OCC)cc(Br)cc2c1=O. The van der Waals surface area contributed by atoms with E-state index in [0.29, 0.717) is 57.8 Å². The van der Waals surface area contributed by atoms with Crippen molar-refractivity contribution in [2.24, 2.45) is 15.8 Å². The van der Waals surface area contributed by atoms with E-state index in [1.54, 1.807) is 38.2 Å². The Morgan fingerprint density at radius 1 is 0.725 bits per heavy atom. The van der Waals surface area contributed by atoms with Gasteiger partial charge < -0.3 is 37.5 Å². The number of ether oxygens (including phenoxy) is 4. The molecule has 2 aromatic carbocycles. The molecule has 0 fully saturated rings. The minimum Gasteiger partial charge on any atom is -0.506 e. The molecular weight excluding hydrogens is 1060 g/mol. The van der Waals surface area contributed by atoms with Crippen molar-refractivity contribution in [2.75, 3.05) is 39.6 Å². The van der Waals surface area contributed by atoms with Crippen LogP contribution in [-0.2, 0) is 23.1 Å². The van der Waals surface area contributed by atoms with Crippen LogP contribution in [0.15, 0.2) is 54.8 Å². The van der Waals surface area contributed by atoms with Crippen LogP contribution in [0.2, 0.25) is 41.3 Å². The monoisotopic (exact) mass is 1140 g/mol. The Kier molecular flexibility index (Phi) is 22.6. The molecule has 12 nitrogen and oxygen atoms in total. The molecule has 0 aliphatic heterocycles. The summed E-state index contributed by atoms with van der Waals surface area (Å²) in [7, 11) is -4.05. The van der Waals surface area contributed by atoms with E-state index in [2.05, 4.69) is 141 Å². The highest BCUT2D eigenvalue weighted by molar-refractivity contribution is 9.10. The van der Waals surface area contributed by atoms with Crippen molar-refractivity contribution in [1.82, 2.24) is 4.57 Å². The molecule has 388 valence electrons. The third-order valence-electron chi connectivity index (χ3n) is 12.7. The lowest BCUT2D eigenvalue weighted by molar-refractivity contribution is -0.137. The van der Waals surface area contributed by atoms with Crippen LogP contribution in [0, 0.1) is 10.8 Å². The molecule has 3 rings (SSSR count). The Labute approximate surface area is 436 Å². The fourth-order valence-corrected chi connectivity index (χ4v) is 9.43. The lowest BCUT2D eigenvalue weighted by Crippen LogP contribution is -2.44. The van der Waals surface area contributed by atoms with Crippen molar-refractivity contribution < 1.29 is 42.5 Å². The molecule has 1 N–H and O–H groups in total. The first-order valence-corrected chi connectivity index (χ1v) is 31.5. The smallest absolute Gasteiger partial charge is 0.343 e. The van der Waals surface area contributed by atoms with Crippen LogP contribution >= 0.6 is 43.5 Å². The van der Waals surface area contributed by atoms with Crippen LogP contribution in [0.25, 0.3) is 16.7 Å². The molecule has 69 heavy (non-hydrogen) atoms. The number of aliphatic hydroxyl groups is 1. The van der Waals surface area contributed by atoms with Gasteiger partial charge in [0.25, 0.3) is 0 Å². The summed E-state index contributed by atoms with van der Waals surface area (Å²) in [5.74, 6) is -0.682. The van der Waals surface area contributed by atoms with Crippen LogP contribution in [0.3, 0.4) is 0 Å². The van der Waals surface area contributed by atoms with Gasteiger partial charge in [0.1, 0.15) is 28.4 Å². The van der Waals surface area contributed by atoms with Gasteiger partial charge in [-0.25, -0.2) is 9.59 Å². The largest absolute Gasteiger partial charge is 0.506 e. The van der Waals surface area contributed by atoms with Gasteiger partial charge in [0.05, 0.1) is 67.7 Å². The average Bonchev–Trinajstić information content (AvgIpc) is 3.19. The zero-order chi connectivity index (χ0) is 53.2. The van der Waals surface area contributed by atoms with E-state index in [1.165, 1.54) is 6.21 Å². The third kappa shape index (κ3) is 16.8. The summed E-state index contributed by atoms with van der Waals surface area (Å²) in [6, 6.07) is 6.50. The second-order valence-corrected chi connectivity index (χ2v) is 33.9. The van der Waals surface area contributed by atoms with E-state index in [0.717, 1.165) is 0 Å². The molecule has 2 atom stereocenters. The van der Waals surface area contributed by atoms with Crippen molar-refractivity contribution in [3.8, 4) is 11.5 Å². The number of carbonyl (C=O) groups is 2. The van der Waals surface area contributed by atoms with Gasteiger partial charge in [-0.1, -0.05) is 127 Å². The normalized spacial score (nSPS) is 14.2. The van der Waals surface area contributed by atoms with Crippen LogP contribution < -0.4 is 14.9 Å². The second kappa shape index (κ2) is 25.1. The van der Waals surface area contributed by atoms with E-state index in [4.69, 9.17) is 44.4 Å². The molecule has 0 bridgehead atoms. The van der Waals surface area contributed by atoms with Crippen LogP contribution in [0.5, 0.6) is 11.5 Å². The van der Waals surface area contributed by atoms with Crippen molar-refractivity contribution in [2.45, 2.75) is 159 Å². The molecule has 0 aliphatic carbocycles. The van der Waals surface area contributed by atoms with Gasteiger partial charge in [-0.3, -0.25) is 9.79 Å². The van der Waals surface area contributed by atoms with Gasteiger partial charge in [-0.05, 0) is 99.1 Å². The van der Waals surface area contributed by atoms with Crippen LogP contribution in [0.4, 0.5) is 0 Å². The Bertz CT molecular complexity index is 2370. The van der Waals surface area contributed by atoms with Gasteiger partial charge in [0, 0.05) is 26.9 Å². The predicted molar refractivity (Wildman–Crippen MR) is 296 cm³/mol. The molecule has 0 aliphatic rings. The van der Waals surface area contributed by atoms with Gasteiger partial charge in [-0.15, -0.1) is 0 Å². The highest BCUT2D eigenvalue weighted by Crippen LogP contribution is 2.42. The first-order chi connectivity index (χ1) is 31.5. The summed E-state index contributed by atoms with van der Waals surface area (Å²) in [6.45, 7) is 43.8. The highest BCUT2D eigenvalue weighted by atomic mass is 79.9. The van der Waals surface area contributed by atoms with E-state index < -0.39 is 28.6 Å². The molecule has 17 heteroatoms. The molecule has 1 heterocycles. The predicted octanol–water partition coefficient (Wildman–Crippen LogP) is 14.8. The molecule has 0 spiro atoms. The van der Waals surface area contributed by atoms with Gasteiger partial charge in [0.15, 0.2) is 16.6 Å². The number of nitrogens with zero attached hydrogens (tertiary/aromatic N) is 2. The first-order valence-electron chi connectivity index (χ1n) is 23.7. The number of pyridine rings is 1. The number of fused-ring (bicyclic) bond motifs is 1. The topological polar surface area (TPSA) is 144 Å². The number of hydrogen-bond donors (Lipinski definition) is 1. The molecule has 2 unspecified atom stereocenters. The molecule has 3 aromatic rings. The van der Waals surface area contributed by atoms with Gasteiger partial charge >= 0.3 is 11.9 Å². The number of aromatic nitrogens is 1. The summed E-state index contributed by atoms with van der Waals surface area (Å²) in [4.78, 5) is 43.7. The molecule has 0 amide bonds. The van der Waals surface area contributed by atoms with Gasteiger partial charge in [0.2, 0.25) is 5.43 Å². The Hall–Kier alpha value is -3.00. The fourth-order valence-electron chi connectivity index (χ4n) is 6.28. The standard InChI is InChI=1S/C26H41BrClNO5Si.C26H40BrNO5Si/c1-11-32-20-14-17(27)13-18(22(20)28)23(30)19(24(31)33-12-2)15-29-21(25(3,4)5)16-34-35(9,10)26(6,7)8;1-11-31-20-14-17(27)13-18-22(20)28(15-19(23(18)29)24(30)32-12-2)21(25(3,4)5)16-33-34(9,10)26(6,7)8/h13-15,21,30H,11-12,16H2,1-10H3;13-15,21H,11-12,16H2,1-10H3. The van der Waals surface area contributed by atoms with E-state index in [1.807, 2.05) is 24.5 Å². The second-order valence-electron chi connectivity index (χ2n) is 22.1.